The van der Waals surface area contributed by atoms with Crippen molar-refractivity contribution in [3.8, 4) is 0 Å². The molecule has 1 aliphatic heterocycles. The van der Waals surface area contributed by atoms with E-state index in [0.717, 1.165) is 5.92 Å². The molecule has 0 aromatic heterocycles. The summed E-state index contributed by atoms with van der Waals surface area (Å²) in [6.45, 7) is 7.02. The van der Waals surface area contributed by atoms with Crippen LogP contribution in [0.3, 0.4) is 0 Å². The molecule has 0 bridgehead atoms. The molecule has 0 nitrogen and oxygen atoms in total. The molecule has 0 saturated carbocycles. The van der Waals surface area contributed by atoms with Crippen molar-refractivity contribution < 1.29 is 0 Å². The van der Waals surface area contributed by atoms with Gasteiger partial charge in [-0.15, -0.1) is 0 Å². The first kappa shape index (κ1) is 16.1. The molecule has 0 saturated heterocycles. The number of hydrogen-bond acceptors (Lipinski definition) is 1. The molecule has 0 radical (unpaired) electrons. The van der Waals surface area contributed by atoms with Crippen LogP contribution in [-0.4, -0.2) is 11.5 Å². The summed E-state index contributed by atoms with van der Waals surface area (Å²) in [6, 6.07) is 0. The van der Waals surface area contributed by atoms with E-state index >= 15 is 0 Å². The van der Waals surface area contributed by atoms with Gasteiger partial charge in [0.1, 0.15) is 0 Å². The number of thioether (sulfide) groups is 1. The number of unbranched alkanes of at least 4 members (excludes halogenated alkanes) is 4. The highest BCUT2D eigenvalue weighted by molar-refractivity contribution is 7.99. The maximum atomic E-state index is 2.38. The van der Waals surface area contributed by atoms with Crippen molar-refractivity contribution in [3.05, 3.63) is 11.1 Å². The molecule has 1 aliphatic rings. The Morgan fingerprint density at radius 3 is 2.44 bits per heavy atom. The van der Waals surface area contributed by atoms with Crippen molar-refractivity contribution in [2.24, 2.45) is 5.92 Å². The molecule has 106 valence electrons. The molecule has 0 aliphatic carbocycles. The van der Waals surface area contributed by atoms with Gasteiger partial charge in [0, 0.05) is 5.75 Å². The normalized spacial score (nSPS) is 18.2. The summed E-state index contributed by atoms with van der Waals surface area (Å²) in [5.41, 5.74) is 3.55. The molecule has 1 heteroatoms. The average Bonchev–Trinajstić information content (AvgIpc) is 2.38. The number of rotatable bonds is 9. The zero-order chi connectivity index (χ0) is 13.2. The highest BCUT2D eigenvalue weighted by Gasteiger charge is 2.18. The van der Waals surface area contributed by atoms with Crippen LogP contribution in [0, 0.1) is 5.92 Å². The maximum absolute atomic E-state index is 2.38. The quantitative estimate of drug-likeness (QED) is 0.353. The Bertz CT molecular complexity index is 242. The van der Waals surface area contributed by atoms with Crippen LogP contribution in [0.25, 0.3) is 0 Å². The van der Waals surface area contributed by atoms with Gasteiger partial charge in [0.05, 0.1) is 0 Å². The first-order valence-corrected chi connectivity index (χ1v) is 9.21. The van der Waals surface area contributed by atoms with E-state index in [-0.39, 0.29) is 0 Å². The molecule has 0 N–H and O–H groups in total. The lowest BCUT2D eigenvalue weighted by atomic mass is 9.85. The SMILES string of the molecule is CCCCCCCC(CCC)C1=C(C)CSCC1. The molecule has 0 fully saturated rings. The maximum Gasteiger partial charge on any atom is 0.0143 e. The van der Waals surface area contributed by atoms with Crippen LogP contribution in [0.4, 0.5) is 0 Å². The van der Waals surface area contributed by atoms with E-state index in [0.29, 0.717) is 0 Å². The molecule has 0 spiro atoms. The Hall–Kier alpha value is 0.0900. The van der Waals surface area contributed by atoms with Gasteiger partial charge in [-0.3, -0.25) is 0 Å². The van der Waals surface area contributed by atoms with Gasteiger partial charge in [0.15, 0.2) is 0 Å². The first-order valence-electron chi connectivity index (χ1n) is 8.05. The lowest BCUT2D eigenvalue weighted by Crippen LogP contribution is -2.12. The highest BCUT2D eigenvalue weighted by Crippen LogP contribution is 2.34. The Labute approximate surface area is 119 Å². The topological polar surface area (TPSA) is 0 Å². The zero-order valence-corrected chi connectivity index (χ0v) is 13.6. The summed E-state index contributed by atoms with van der Waals surface area (Å²) >= 11 is 2.12. The lowest BCUT2D eigenvalue weighted by molar-refractivity contribution is 0.461. The monoisotopic (exact) mass is 268 g/mol. The molecule has 1 rings (SSSR count). The van der Waals surface area contributed by atoms with Crippen LogP contribution in [0.1, 0.15) is 78.6 Å². The van der Waals surface area contributed by atoms with Gasteiger partial charge in [-0.25, -0.2) is 0 Å². The van der Waals surface area contributed by atoms with Crippen LogP contribution in [0.15, 0.2) is 11.1 Å². The van der Waals surface area contributed by atoms with Crippen LogP contribution >= 0.6 is 11.8 Å². The minimum atomic E-state index is 0.914. The second-order valence-electron chi connectivity index (χ2n) is 5.80. The third kappa shape index (κ3) is 5.82. The number of allylic oxidation sites excluding steroid dienone is 1. The van der Waals surface area contributed by atoms with Crippen LogP contribution in [-0.2, 0) is 0 Å². The van der Waals surface area contributed by atoms with E-state index in [1.54, 1.807) is 5.57 Å². The van der Waals surface area contributed by atoms with Gasteiger partial charge in [-0.2, -0.15) is 11.8 Å². The van der Waals surface area contributed by atoms with Gasteiger partial charge in [-0.05, 0) is 37.9 Å². The highest BCUT2D eigenvalue weighted by atomic mass is 32.2. The van der Waals surface area contributed by atoms with Gasteiger partial charge < -0.3 is 0 Å². The Kier molecular flexibility index (Phi) is 8.92. The minimum Gasteiger partial charge on any atom is -0.157 e. The molecule has 0 amide bonds. The summed E-state index contributed by atoms with van der Waals surface area (Å²) in [6.07, 6.45) is 12.7. The molecule has 0 aromatic carbocycles. The molecule has 1 heterocycles. The van der Waals surface area contributed by atoms with Gasteiger partial charge in [-0.1, -0.05) is 63.5 Å². The predicted molar refractivity (Wildman–Crippen MR) is 86.4 cm³/mol. The van der Waals surface area contributed by atoms with Crippen molar-refractivity contribution in [3.63, 3.8) is 0 Å². The van der Waals surface area contributed by atoms with Gasteiger partial charge in [0.2, 0.25) is 0 Å². The molecule has 18 heavy (non-hydrogen) atoms. The predicted octanol–water partition coefficient (Wildman–Crippen LogP) is 6.22. The smallest absolute Gasteiger partial charge is 0.0143 e. The van der Waals surface area contributed by atoms with Crippen molar-refractivity contribution in [1.29, 1.82) is 0 Å². The van der Waals surface area contributed by atoms with Gasteiger partial charge >= 0.3 is 0 Å². The van der Waals surface area contributed by atoms with Crippen LogP contribution in [0.5, 0.6) is 0 Å². The third-order valence-corrected chi connectivity index (χ3v) is 5.30. The minimum absolute atomic E-state index is 0.914. The summed E-state index contributed by atoms with van der Waals surface area (Å²) in [4.78, 5) is 0. The van der Waals surface area contributed by atoms with E-state index in [2.05, 4.69) is 32.5 Å². The van der Waals surface area contributed by atoms with E-state index in [1.165, 1.54) is 69.3 Å². The molecular formula is C17H32S. The van der Waals surface area contributed by atoms with Crippen molar-refractivity contribution >= 4 is 11.8 Å². The second-order valence-corrected chi connectivity index (χ2v) is 6.90. The fourth-order valence-corrected chi connectivity index (χ4v) is 4.10. The average molecular weight is 269 g/mol. The Balaban J connectivity index is 2.38. The summed E-state index contributed by atoms with van der Waals surface area (Å²) in [5.74, 6) is 3.58. The Morgan fingerprint density at radius 1 is 1.00 bits per heavy atom. The first-order chi connectivity index (χ1) is 8.79. The van der Waals surface area contributed by atoms with Crippen molar-refractivity contribution in [2.75, 3.05) is 11.5 Å². The molecule has 1 unspecified atom stereocenters. The van der Waals surface area contributed by atoms with Crippen molar-refractivity contribution in [2.45, 2.75) is 78.6 Å². The summed E-state index contributed by atoms with van der Waals surface area (Å²) < 4.78 is 0. The van der Waals surface area contributed by atoms with Crippen LogP contribution in [0.2, 0.25) is 0 Å². The standard InChI is InChI=1S/C17H32S/c1-4-6-7-8-9-11-16(10-5-2)17-12-13-18-14-15(17)3/h16H,4-14H2,1-3H3. The fraction of sp³-hybridized carbons (Fsp3) is 0.882. The summed E-state index contributed by atoms with van der Waals surface area (Å²) in [5, 5.41) is 0. The lowest BCUT2D eigenvalue weighted by Gasteiger charge is -2.26. The van der Waals surface area contributed by atoms with E-state index in [9.17, 15) is 0 Å². The summed E-state index contributed by atoms with van der Waals surface area (Å²) in [7, 11) is 0. The van der Waals surface area contributed by atoms with E-state index in [4.69, 9.17) is 0 Å². The fourth-order valence-electron chi connectivity index (χ4n) is 3.10. The van der Waals surface area contributed by atoms with E-state index in [1.807, 2.05) is 5.57 Å². The molecule has 0 aromatic rings. The molecular weight excluding hydrogens is 236 g/mol. The molecule has 1 atom stereocenters. The zero-order valence-electron chi connectivity index (χ0n) is 12.8. The van der Waals surface area contributed by atoms with E-state index < -0.39 is 0 Å². The second kappa shape index (κ2) is 9.95. The largest absolute Gasteiger partial charge is 0.157 e. The van der Waals surface area contributed by atoms with Gasteiger partial charge in [0.25, 0.3) is 0 Å². The van der Waals surface area contributed by atoms with Crippen LogP contribution < -0.4 is 0 Å². The Morgan fingerprint density at radius 2 is 1.78 bits per heavy atom. The van der Waals surface area contributed by atoms with Crippen molar-refractivity contribution in [1.82, 2.24) is 0 Å². The third-order valence-electron chi connectivity index (χ3n) is 4.17. The number of hydrogen-bond donors (Lipinski definition) is 0.